The Morgan fingerprint density at radius 1 is 1.11 bits per heavy atom. The standard InChI is InChI=1S/C16H18INS/c1-3-19-16-7-5-4-6-15(16)18-12(2)13-8-10-14(17)11-9-13/h4-12,18H,3H2,1-2H3. The predicted octanol–water partition coefficient (Wildman–Crippen LogP) is 5.58. The van der Waals surface area contributed by atoms with Gasteiger partial charge >= 0.3 is 0 Å². The maximum Gasteiger partial charge on any atom is 0.0486 e. The lowest BCUT2D eigenvalue weighted by atomic mass is 10.1. The molecule has 2 aromatic carbocycles. The zero-order valence-corrected chi connectivity index (χ0v) is 14.2. The third-order valence-corrected chi connectivity index (χ3v) is 4.60. The van der Waals surface area contributed by atoms with Crippen molar-refractivity contribution in [2.75, 3.05) is 11.1 Å². The van der Waals surface area contributed by atoms with Gasteiger partial charge in [0, 0.05) is 20.2 Å². The number of rotatable bonds is 5. The van der Waals surface area contributed by atoms with Crippen LogP contribution < -0.4 is 5.32 Å². The Balaban J connectivity index is 2.14. The molecule has 19 heavy (non-hydrogen) atoms. The van der Waals surface area contributed by atoms with Crippen LogP contribution in [0.4, 0.5) is 5.69 Å². The van der Waals surface area contributed by atoms with Crippen LogP contribution in [0.5, 0.6) is 0 Å². The van der Waals surface area contributed by atoms with Gasteiger partial charge in [-0.05, 0) is 65.1 Å². The van der Waals surface area contributed by atoms with Gasteiger partial charge in [0.2, 0.25) is 0 Å². The largest absolute Gasteiger partial charge is 0.378 e. The highest BCUT2D eigenvalue weighted by Crippen LogP contribution is 2.29. The Labute approximate surface area is 133 Å². The smallest absolute Gasteiger partial charge is 0.0486 e. The van der Waals surface area contributed by atoms with Crippen LogP contribution in [0, 0.1) is 3.57 Å². The molecule has 0 saturated heterocycles. The molecule has 0 spiro atoms. The van der Waals surface area contributed by atoms with Crippen LogP contribution in [0.1, 0.15) is 25.5 Å². The summed E-state index contributed by atoms with van der Waals surface area (Å²) >= 11 is 4.21. The molecular weight excluding hydrogens is 365 g/mol. The molecule has 0 radical (unpaired) electrons. The van der Waals surface area contributed by atoms with Crippen molar-refractivity contribution in [3.05, 3.63) is 57.7 Å². The fourth-order valence-corrected chi connectivity index (χ4v) is 3.06. The number of nitrogens with one attached hydrogen (secondary N) is 1. The zero-order valence-electron chi connectivity index (χ0n) is 11.2. The molecule has 0 aliphatic heterocycles. The average Bonchev–Trinajstić information content (AvgIpc) is 2.42. The molecule has 2 rings (SSSR count). The minimum atomic E-state index is 0.315. The van der Waals surface area contributed by atoms with Gasteiger partial charge < -0.3 is 5.32 Å². The van der Waals surface area contributed by atoms with Gasteiger partial charge in [-0.2, -0.15) is 0 Å². The topological polar surface area (TPSA) is 12.0 Å². The number of anilines is 1. The molecule has 100 valence electrons. The molecule has 0 heterocycles. The highest BCUT2D eigenvalue weighted by atomic mass is 127. The summed E-state index contributed by atoms with van der Waals surface area (Å²) in [5.41, 5.74) is 2.54. The SMILES string of the molecule is CCSc1ccccc1NC(C)c1ccc(I)cc1. The fraction of sp³-hybridized carbons (Fsp3) is 0.250. The molecule has 0 aliphatic carbocycles. The Morgan fingerprint density at radius 3 is 2.47 bits per heavy atom. The Morgan fingerprint density at radius 2 is 1.79 bits per heavy atom. The van der Waals surface area contributed by atoms with Crippen LogP contribution >= 0.6 is 34.4 Å². The molecule has 2 aromatic rings. The molecule has 0 saturated carbocycles. The van der Waals surface area contributed by atoms with Crippen LogP contribution in [0.3, 0.4) is 0 Å². The van der Waals surface area contributed by atoms with Crippen molar-refractivity contribution in [1.82, 2.24) is 0 Å². The van der Waals surface area contributed by atoms with E-state index in [1.165, 1.54) is 19.7 Å². The van der Waals surface area contributed by atoms with Crippen molar-refractivity contribution in [3.63, 3.8) is 0 Å². The lowest BCUT2D eigenvalue weighted by molar-refractivity contribution is 0.879. The molecule has 0 bridgehead atoms. The van der Waals surface area contributed by atoms with Gasteiger partial charge in [-0.25, -0.2) is 0 Å². The van der Waals surface area contributed by atoms with Crippen LogP contribution in [-0.2, 0) is 0 Å². The summed E-state index contributed by atoms with van der Waals surface area (Å²) in [7, 11) is 0. The maximum atomic E-state index is 3.61. The van der Waals surface area contributed by atoms with E-state index in [1.807, 2.05) is 11.8 Å². The van der Waals surface area contributed by atoms with Crippen molar-refractivity contribution >= 4 is 40.0 Å². The lowest BCUT2D eigenvalue weighted by Crippen LogP contribution is -2.07. The van der Waals surface area contributed by atoms with E-state index in [1.54, 1.807) is 0 Å². The van der Waals surface area contributed by atoms with Crippen molar-refractivity contribution in [3.8, 4) is 0 Å². The Bertz CT molecular complexity index is 525. The van der Waals surface area contributed by atoms with Crippen molar-refractivity contribution in [1.29, 1.82) is 0 Å². The minimum Gasteiger partial charge on any atom is -0.378 e. The van der Waals surface area contributed by atoms with Gasteiger partial charge in [0.05, 0.1) is 0 Å². The minimum absolute atomic E-state index is 0.315. The van der Waals surface area contributed by atoms with E-state index in [9.17, 15) is 0 Å². The van der Waals surface area contributed by atoms with Gasteiger partial charge in [0.25, 0.3) is 0 Å². The number of halogens is 1. The quantitative estimate of drug-likeness (QED) is 0.535. The van der Waals surface area contributed by atoms with Crippen molar-refractivity contribution < 1.29 is 0 Å². The number of hydrogen-bond donors (Lipinski definition) is 1. The maximum absolute atomic E-state index is 3.61. The van der Waals surface area contributed by atoms with Gasteiger partial charge in [-0.3, -0.25) is 0 Å². The van der Waals surface area contributed by atoms with Crippen LogP contribution in [0.15, 0.2) is 53.4 Å². The van der Waals surface area contributed by atoms with Gasteiger partial charge in [-0.15, -0.1) is 11.8 Å². The summed E-state index contributed by atoms with van der Waals surface area (Å²) in [6.45, 7) is 4.39. The summed E-state index contributed by atoms with van der Waals surface area (Å²) < 4.78 is 1.27. The first kappa shape index (κ1) is 14.7. The highest BCUT2D eigenvalue weighted by Gasteiger charge is 2.08. The van der Waals surface area contributed by atoms with Crippen LogP contribution in [0.25, 0.3) is 0 Å². The van der Waals surface area contributed by atoms with Crippen LogP contribution in [-0.4, -0.2) is 5.75 Å². The van der Waals surface area contributed by atoms with Gasteiger partial charge in [-0.1, -0.05) is 31.2 Å². The molecular formula is C16H18INS. The molecule has 0 aromatic heterocycles. The van der Waals surface area contributed by atoms with E-state index >= 15 is 0 Å². The lowest BCUT2D eigenvalue weighted by Gasteiger charge is -2.18. The highest BCUT2D eigenvalue weighted by molar-refractivity contribution is 14.1. The predicted molar refractivity (Wildman–Crippen MR) is 94.0 cm³/mol. The van der Waals surface area contributed by atoms with E-state index in [4.69, 9.17) is 0 Å². The van der Waals surface area contributed by atoms with Gasteiger partial charge in [0.15, 0.2) is 0 Å². The van der Waals surface area contributed by atoms with E-state index in [0.717, 1.165) is 5.75 Å². The first-order valence-corrected chi connectivity index (χ1v) is 8.51. The molecule has 1 nitrogen and oxygen atoms in total. The molecule has 3 heteroatoms. The second kappa shape index (κ2) is 7.20. The van der Waals surface area contributed by atoms with Crippen molar-refractivity contribution in [2.45, 2.75) is 24.8 Å². The van der Waals surface area contributed by atoms with E-state index in [0.29, 0.717) is 6.04 Å². The van der Waals surface area contributed by atoms with Gasteiger partial charge in [0.1, 0.15) is 0 Å². The first-order chi connectivity index (χ1) is 9.20. The summed E-state index contributed by atoms with van der Waals surface area (Å²) in [4.78, 5) is 1.32. The second-order valence-electron chi connectivity index (χ2n) is 4.35. The monoisotopic (exact) mass is 383 g/mol. The molecule has 1 N–H and O–H groups in total. The molecule has 0 fully saturated rings. The number of thioether (sulfide) groups is 1. The number of para-hydroxylation sites is 1. The molecule has 0 aliphatic rings. The average molecular weight is 383 g/mol. The normalized spacial score (nSPS) is 12.2. The zero-order chi connectivity index (χ0) is 13.7. The Kier molecular flexibility index (Phi) is 5.58. The molecule has 1 atom stereocenters. The van der Waals surface area contributed by atoms with E-state index in [2.05, 4.69) is 90.3 Å². The summed E-state index contributed by atoms with van der Waals surface area (Å²) in [6, 6.07) is 17.5. The fourth-order valence-electron chi connectivity index (χ4n) is 1.94. The summed E-state index contributed by atoms with van der Waals surface area (Å²) in [5, 5.41) is 3.61. The second-order valence-corrected chi connectivity index (χ2v) is 6.90. The van der Waals surface area contributed by atoms with Crippen molar-refractivity contribution in [2.24, 2.45) is 0 Å². The number of benzene rings is 2. The molecule has 1 unspecified atom stereocenters. The third-order valence-electron chi connectivity index (χ3n) is 2.93. The summed E-state index contributed by atoms with van der Waals surface area (Å²) in [6.07, 6.45) is 0. The first-order valence-electron chi connectivity index (χ1n) is 6.44. The van der Waals surface area contributed by atoms with Crippen LogP contribution in [0.2, 0.25) is 0 Å². The summed E-state index contributed by atoms with van der Waals surface area (Å²) in [5.74, 6) is 1.09. The third kappa shape index (κ3) is 4.14. The van der Waals surface area contributed by atoms with E-state index < -0.39 is 0 Å². The number of hydrogen-bond acceptors (Lipinski definition) is 2. The van der Waals surface area contributed by atoms with E-state index in [-0.39, 0.29) is 0 Å². The Hall–Kier alpha value is -0.680. The molecule has 0 amide bonds.